The number of hydrogen-bond donors (Lipinski definition) is 2. The Morgan fingerprint density at radius 1 is 1.05 bits per heavy atom. The lowest BCUT2D eigenvalue weighted by atomic mass is 9.94. The molecule has 3 aromatic rings. The predicted octanol–water partition coefficient (Wildman–Crippen LogP) is 3.24. The molecular formula is C28H32FN5O3. The number of aryl methyl sites for hydroxylation is 1. The molecule has 2 aromatic carbocycles. The summed E-state index contributed by atoms with van der Waals surface area (Å²) in [5, 5.41) is 5.74. The van der Waals surface area contributed by atoms with E-state index in [-0.39, 0.29) is 36.2 Å². The van der Waals surface area contributed by atoms with Gasteiger partial charge in [0.2, 0.25) is 5.91 Å². The van der Waals surface area contributed by atoms with Gasteiger partial charge in [-0.3, -0.25) is 14.4 Å². The number of hydrogen-bond acceptors (Lipinski definition) is 4. The summed E-state index contributed by atoms with van der Waals surface area (Å²) in [7, 11) is 0. The lowest BCUT2D eigenvalue weighted by Crippen LogP contribution is -2.64. The van der Waals surface area contributed by atoms with Crippen LogP contribution >= 0.6 is 0 Å². The van der Waals surface area contributed by atoms with Gasteiger partial charge in [0.05, 0.1) is 12.9 Å². The number of fused-ring (bicyclic) bond motifs is 1. The first-order valence-electron chi connectivity index (χ1n) is 12.5. The molecule has 0 unspecified atom stereocenters. The SMILES string of the molecule is CCCN1C(=O)c2c(C(=O)NCCc3ccc(C)cc3)ncn2C[C@@]1(C)C(=O)NCc1ccc(F)cc1. The van der Waals surface area contributed by atoms with Crippen LogP contribution in [0.3, 0.4) is 0 Å². The van der Waals surface area contributed by atoms with Gasteiger partial charge in [0.25, 0.3) is 11.8 Å². The molecule has 194 valence electrons. The molecule has 0 saturated carbocycles. The van der Waals surface area contributed by atoms with Gasteiger partial charge in [-0.05, 0) is 49.9 Å². The van der Waals surface area contributed by atoms with E-state index in [0.717, 1.165) is 11.1 Å². The topological polar surface area (TPSA) is 96.3 Å². The molecule has 1 aromatic heterocycles. The lowest BCUT2D eigenvalue weighted by Gasteiger charge is -2.43. The van der Waals surface area contributed by atoms with E-state index in [0.29, 0.717) is 25.9 Å². The monoisotopic (exact) mass is 505 g/mol. The first-order valence-corrected chi connectivity index (χ1v) is 12.5. The van der Waals surface area contributed by atoms with Crippen LogP contribution in [0.1, 0.15) is 57.9 Å². The van der Waals surface area contributed by atoms with Crippen molar-refractivity contribution >= 4 is 17.7 Å². The molecule has 8 nitrogen and oxygen atoms in total. The molecule has 1 atom stereocenters. The number of carbonyl (C=O) groups excluding carboxylic acids is 3. The average molecular weight is 506 g/mol. The van der Waals surface area contributed by atoms with E-state index < -0.39 is 17.4 Å². The van der Waals surface area contributed by atoms with Crippen LogP contribution in [0.15, 0.2) is 54.9 Å². The van der Waals surface area contributed by atoms with Gasteiger partial charge >= 0.3 is 0 Å². The van der Waals surface area contributed by atoms with Crippen molar-refractivity contribution in [1.29, 1.82) is 0 Å². The van der Waals surface area contributed by atoms with E-state index in [4.69, 9.17) is 0 Å². The molecule has 37 heavy (non-hydrogen) atoms. The van der Waals surface area contributed by atoms with Gasteiger partial charge in [0.1, 0.15) is 17.1 Å². The van der Waals surface area contributed by atoms with Crippen LogP contribution in [0.4, 0.5) is 4.39 Å². The summed E-state index contributed by atoms with van der Waals surface area (Å²) in [5.41, 5.74) is 2.08. The average Bonchev–Trinajstić information content (AvgIpc) is 3.31. The van der Waals surface area contributed by atoms with Gasteiger partial charge in [-0.15, -0.1) is 0 Å². The van der Waals surface area contributed by atoms with Crippen molar-refractivity contribution in [3.63, 3.8) is 0 Å². The number of imidazole rings is 1. The fourth-order valence-corrected chi connectivity index (χ4v) is 4.56. The molecule has 3 amide bonds. The van der Waals surface area contributed by atoms with Crippen molar-refractivity contribution in [2.75, 3.05) is 13.1 Å². The number of benzene rings is 2. The van der Waals surface area contributed by atoms with Gasteiger partial charge in [-0.1, -0.05) is 48.9 Å². The van der Waals surface area contributed by atoms with E-state index in [2.05, 4.69) is 15.6 Å². The number of amides is 3. The Kier molecular flexibility index (Phi) is 7.71. The highest BCUT2D eigenvalue weighted by molar-refractivity contribution is 6.07. The Labute approximate surface area is 215 Å². The lowest BCUT2D eigenvalue weighted by molar-refractivity contribution is -0.133. The molecule has 9 heteroatoms. The van der Waals surface area contributed by atoms with Gasteiger partial charge in [-0.2, -0.15) is 0 Å². The highest BCUT2D eigenvalue weighted by Gasteiger charge is 2.48. The quantitative estimate of drug-likeness (QED) is 0.467. The molecule has 4 rings (SSSR count). The van der Waals surface area contributed by atoms with Crippen LogP contribution in [0.5, 0.6) is 0 Å². The van der Waals surface area contributed by atoms with E-state index in [9.17, 15) is 18.8 Å². The largest absolute Gasteiger partial charge is 0.350 e. The third-order valence-corrected chi connectivity index (χ3v) is 6.70. The number of aromatic nitrogens is 2. The zero-order valence-corrected chi connectivity index (χ0v) is 21.4. The molecule has 0 aliphatic carbocycles. The van der Waals surface area contributed by atoms with Crippen LogP contribution in [0.25, 0.3) is 0 Å². The highest BCUT2D eigenvalue weighted by Crippen LogP contribution is 2.29. The van der Waals surface area contributed by atoms with Crippen molar-refractivity contribution in [2.24, 2.45) is 0 Å². The third kappa shape index (κ3) is 5.55. The van der Waals surface area contributed by atoms with Crippen LogP contribution in [-0.2, 0) is 24.3 Å². The molecule has 0 fully saturated rings. The molecule has 0 radical (unpaired) electrons. The number of nitrogens with zero attached hydrogens (tertiary/aromatic N) is 3. The van der Waals surface area contributed by atoms with Crippen LogP contribution < -0.4 is 10.6 Å². The fraction of sp³-hybridized carbons (Fsp3) is 0.357. The Morgan fingerprint density at radius 2 is 1.73 bits per heavy atom. The Hall–Kier alpha value is -4.01. The van der Waals surface area contributed by atoms with Crippen LogP contribution in [0, 0.1) is 12.7 Å². The summed E-state index contributed by atoms with van der Waals surface area (Å²) < 4.78 is 14.8. The van der Waals surface area contributed by atoms with E-state index in [1.807, 2.05) is 38.1 Å². The maximum atomic E-state index is 13.6. The van der Waals surface area contributed by atoms with E-state index in [1.54, 1.807) is 23.6 Å². The van der Waals surface area contributed by atoms with Crippen LogP contribution in [0.2, 0.25) is 0 Å². The minimum Gasteiger partial charge on any atom is -0.350 e. The van der Waals surface area contributed by atoms with E-state index >= 15 is 0 Å². The van der Waals surface area contributed by atoms with Crippen molar-refractivity contribution in [1.82, 2.24) is 25.1 Å². The van der Waals surface area contributed by atoms with E-state index in [1.165, 1.54) is 28.9 Å². The van der Waals surface area contributed by atoms with Gasteiger partial charge in [0, 0.05) is 19.6 Å². The Balaban J connectivity index is 1.48. The Bertz CT molecular complexity index is 1290. The van der Waals surface area contributed by atoms with Crippen LogP contribution in [-0.4, -0.2) is 50.8 Å². The number of carbonyl (C=O) groups is 3. The summed E-state index contributed by atoms with van der Waals surface area (Å²) >= 11 is 0. The first kappa shape index (κ1) is 26.1. The molecule has 0 bridgehead atoms. The molecule has 0 saturated heterocycles. The number of rotatable bonds is 9. The highest BCUT2D eigenvalue weighted by atomic mass is 19.1. The molecule has 2 heterocycles. The van der Waals surface area contributed by atoms with Crippen molar-refractivity contribution < 1.29 is 18.8 Å². The minimum atomic E-state index is -1.18. The fourth-order valence-electron chi connectivity index (χ4n) is 4.56. The molecule has 0 spiro atoms. The summed E-state index contributed by atoms with van der Waals surface area (Å²) in [6, 6.07) is 14.0. The minimum absolute atomic E-state index is 0.0591. The normalized spacial score (nSPS) is 16.9. The van der Waals surface area contributed by atoms with Crippen molar-refractivity contribution in [3.8, 4) is 0 Å². The van der Waals surface area contributed by atoms with Crippen molar-refractivity contribution in [3.05, 3.63) is 88.8 Å². The summed E-state index contributed by atoms with van der Waals surface area (Å²) in [6.45, 7) is 6.77. The predicted molar refractivity (Wildman–Crippen MR) is 137 cm³/mol. The molecular weight excluding hydrogens is 473 g/mol. The molecule has 2 N–H and O–H groups in total. The summed E-state index contributed by atoms with van der Waals surface area (Å²) in [6.07, 6.45) is 2.74. The maximum absolute atomic E-state index is 13.6. The molecule has 1 aliphatic rings. The second-order valence-corrected chi connectivity index (χ2v) is 9.60. The van der Waals surface area contributed by atoms with Gasteiger partial charge < -0.3 is 20.1 Å². The number of halogens is 1. The van der Waals surface area contributed by atoms with Gasteiger partial charge in [-0.25, -0.2) is 9.37 Å². The smallest absolute Gasteiger partial charge is 0.273 e. The Morgan fingerprint density at radius 3 is 2.41 bits per heavy atom. The second-order valence-electron chi connectivity index (χ2n) is 9.60. The summed E-state index contributed by atoms with van der Waals surface area (Å²) in [4.78, 5) is 45.7. The second kappa shape index (κ2) is 10.9. The van der Waals surface area contributed by atoms with Crippen molar-refractivity contribution in [2.45, 2.75) is 52.2 Å². The standard InChI is InChI=1S/C28H32FN5O3/c1-4-15-34-26(36)24-23(25(35)30-14-13-20-7-5-19(2)6-8-20)32-18-33(24)17-28(34,3)27(37)31-16-21-9-11-22(29)12-10-21/h5-12,18H,4,13-17H2,1-3H3,(H,30,35)(H,31,37)/t28-/m0/s1. The molecule has 1 aliphatic heterocycles. The van der Waals surface area contributed by atoms with Gasteiger partial charge in [0.15, 0.2) is 5.69 Å². The third-order valence-electron chi connectivity index (χ3n) is 6.70. The number of nitrogens with one attached hydrogen (secondary N) is 2. The first-order chi connectivity index (χ1) is 17.7. The zero-order chi connectivity index (χ0) is 26.6. The summed E-state index contributed by atoms with van der Waals surface area (Å²) in [5.74, 6) is -1.51. The maximum Gasteiger partial charge on any atom is 0.273 e. The zero-order valence-electron chi connectivity index (χ0n) is 21.4.